The quantitative estimate of drug-likeness (QED) is 0.650. The third kappa shape index (κ3) is 1.89. The summed E-state index contributed by atoms with van der Waals surface area (Å²) in [7, 11) is 0. The Morgan fingerprint density at radius 1 is 1.62 bits per heavy atom. The summed E-state index contributed by atoms with van der Waals surface area (Å²) in [6, 6.07) is 0. The van der Waals surface area contributed by atoms with Crippen LogP contribution in [-0.2, 0) is 4.79 Å². The van der Waals surface area contributed by atoms with Crippen molar-refractivity contribution in [3.8, 4) is 0 Å². The Bertz CT molecular complexity index is 297. The zero-order valence-electron chi connectivity index (χ0n) is 8.18. The van der Waals surface area contributed by atoms with Crippen molar-refractivity contribution in [1.29, 1.82) is 0 Å². The number of carbonyl (C=O) groups excluding carboxylic acids is 1. The highest BCUT2D eigenvalue weighted by molar-refractivity contribution is 5.85. The molecule has 1 heterocycles. The summed E-state index contributed by atoms with van der Waals surface area (Å²) in [4.78, 5) is 11.5. The predicted octanol–water partition coefficient (Wildman–Crippen LogP) is 1.81. The second-order valence-corrected chi connectivity index (χ2v) is 3.81. The molecule has 0 saturated heterocycles. The van der Waals surface area contributed by atoms with Crippen LogP contribution in [0.25, 0.3) is 0 Å². The molecule has 70 valence electrons. The summed E-state index contributed by atoms with van der Waals surface area (Å²) in [5, 5.41) is 2.81. The van der Waals surface area contributed by atoms with Gasteiger partial charge in [0.2, 0.25) is 5.91 Å². The monoisotopic (exact) mass is 177 g/mol. The number of rotatable bonds is 1. The zero-order chi connectivity index (χ0) is 10.1. The molecule has 0 fully saturated rings. The predicted molar refractivity (Wildman–Crippen MR) is 54.2 cm³/mol. The van der Waals surface area contributed by atoms with E-state index < -0.39 is 5.41 Å². The molecule has 1 aliphatic rings. The molecule has 1 aliphatic heterocycles. The van der Waals surface area contributed by atoms with Crippen molar-refractivity contribution in [3.05, 3.63) is 36.5 Å². The molecule has 0 aromatic heterocycles. The Hall–Kier alpha value is -1.31. The van der Waals surface area contributed by atoms with Crippen LogP contribution >= 0.6 is 0 Å². The minimum absolute atomic E-state index is 0.0329. The maximum absolute atomic E-state index is 11.5. The van der Waals surface area contributed by atoms with Crippen LogP contribution in [0.4, 0.5) is 0 Å². The maximum Gasteiger partial charge on any atom is 0.229 e. The number of amides is 1. The van der Waals surface area contributed by atoms with Crippen molar-refractivity contribution in [1.82, 2.24) is 5.32 Å². The van der Waals surface area contributed by atoms with E-state index in [1.54, 1.807) is 6.08 Å². The van der Waals surface area contributed by atoms with Crippen LogP contribution in [0.1, 0.15) is 13.8 Å². The first-order valence-corrected chi connectivity index (χ1v) is 4.29. The smallest absolute Gasteiger partial charge is 0.229 e. The number of carbonyl (C=O) groups is 1. The number of hydrogen-bond acceptors (Lipinski definition) is 1. The van der Waals surface area contributed by atoms with Gasteiger partial charge in [-0.2, -0.15) is 0 Å². The number of allylic oxidation sites excluding steroid dienone is 1. The summed E-state index contributed by atoms with van der Waals surface area (Å²) in [6.45, 7) is 11.8. The van der Waals surface area contributed by atoms with Gasteiger partial charge < -0.3 is 5.32 Å². The highest BCUT2D eigenvalue weighted by atomic mass is 16.2. The molecule has 0 aromatic carbocycles. The normalized spacial score (nSPS) is 21.5. The van der Waals surface area contributed by atoms with E-state index >= 15 is 0 Å². The molecule has 1 rings (SSSR count). The van der Waals surface area contributed by atoms with Crippen molar-refractivity contribution in [2.45, 2.75) is 13.8 Å². The zero-order valence-corrected chi connectivity index (χ0v) is 8.18. The molecule has 1 amide bonds. The molecular weight excluding hydrogens is 162 g/mol. The topological polar surface area (TPSA) is 29.1 Å². The summed E-state index contributed by atoms with van der Waals surface area (Å²) in [6.07, 6.45) is 3.65. The molecule has 2 nitrogen and oxygen atoms in total. The van der Waals surface area contributed by atoms with Gasteiger partial charge in [-0.1, -0.05) is 25.3 Å². The van der Waals surface area contributed by atoms with Gasteiger partial charge in [0.25, 0.3) is 0 Å². The van der Waals surface area contributed by atoms with Gasteiger partial charge in [-0.3, -0.25) is 4.79 Å². The molecule has 0 saturated carbocycles. The van der Waals surface area contributed by atoms with Gasteiger partial charge in [-0.05, 0) is 25.0 Å². The van der Waals surface area contributed by atoms with Crippen LogP contribution in [0.3, 0.4) is 0 Å². The van der Waals surface area contributed by atoms with Gasteiger partial charge in [0.1, 0.15) is 0 Å². The van der Waals surface area contributed by atoms with Crippen LogP contribution < -0.4 is 5.32 Å². The van der Waals surface area contributed by atoms with Crippen molar-refractivity contribution < 1.29 is 4.79 Å². The summed E-state index contributed by atoms with van der Waals surface area (Å²) in [5.74, 6) is 0.0329. The minimum Gasteiger partial charge on any atom is -0.351 e. The second kappa shape index (κ2) is 3.21. The fourth-order valence-corrected chi connectivity index (χ4v) is 1.28. The van der Waals surface area contributed by atoms with Crippen molar-refractivity contribution in [2.24, 2.45) is 5.41 Å². The van der Waals surface area contributed by atoms with Gasteiger partial charge >= 0.3 is 0 Å². The van der Waals surface area contributed by atoms with Gasteiger partial charge in [-0.25, -0.2) is 0 Å². The molecule has 0 bridgehead atoms. The first-order chi connectivity index (χ1) is 5.97. The molecule has 0 aliphatic carbocycles. The van der Waals surface area contributed by atoms with E-state index in [0.717, 1.165) is 11.1 Å². The van der Waals surface area contributed by atoms with E-state index in [9.17, 15) is 4.79 Å². The molecule has 0 unspecified atom stereocenters. The van der Waals surface area contributed by atoms with E-state index in [0.29, 0.717) is 6.54 Å². The highest BCUT2D eigenvalue weighted by Gasteiger charge is 2.27. The lowest BCUT2D eigenvalue weighted by Gasteiger charge is -2.16. The molecule has 0 atom stereocenters. The van der Waals surface area contributed by atoms with Gasteiger partial charge in [0, 0.05) is 6.54 Å². The number of nitrogens with one attached hydrogen (secondary N) is 1. The van der Waals surface area contributed by atoms with Crippen LogP contribution in [0, 0.1) is 5.41 Å². The first kappa shape index (κ1) is 9.78. The van der Waals surface area contributed by atoms with Crippen LogP contribution in [0.5, 0.6) is 0 Å². The minimum atomic E-state index is -0.469. The van der Waals surface area contributed by atoms with E-state index in [1.165, 1.54) is 0 Å². The molecule has 2 heteroatoms. The Morgan fingerprint density at radius 2 is 2.23 bits per heavy atom. The molecule has 0 aromatic rings. The largest absolute Gasteiger partial charge is 0.351 e. The van der Waals surface area contributed by atoms with Crippen LogP contribution in [0.2, 0.25) is 0 Å². The lowest BCUT2D eigenvalue weighted by molar-refractivity contribution is -0.126. The van der Waals surface area contributed by atoms with Gasteiger partial charge in [-0.15, -0.1) is 0 Å². The molecular formula is C11H15NO. The molecule has 13 heavy (non-hydrogen) atoms. The van der Waals surface area contributed by atoms with E-state index in [1.807, 2.05) is 19.9 Å². The van der Waals surface area contributed by atoms with Crippen LogP contribution in [-0.4, -0.2) is 12.5 Å². The Kier molecular flexibility index (Phi) is 2.41. The maximum atomic E-state index is 11.5. The van der Waals surface area contributed by atoms with Crippen molar-refractivity contribution in [3.63, 3.8) is 0 Å². The highest BCUT2D eigenvalue weighted by Crippen LogP contribution is 2.25. The summed E-state index contributed by atoms with van der Waals surface area (Å²) >= 11 is 0. The van der Waals surface area contributed by atoms with Crippen molar-refractivity contribution in [2.75, 3.05) is 6.54 Å². The average molecular weight is 177 g/mol. The van der Waals surface area contributed by atoms with E-state index in [4.69, 9.17) is 0 Å². The Morgan fingerprint density at radius 3 is 2.77 bits per heavy atom. The number of hydrogen-bond donors (Lipinski definition) is 1. The summed E-state index contributed by atoms with van der Waals surface area (Å²) < 4.78 is 0. The van der Waals surface area contributed by atoms with E-state index in [2.05, 4.69) is 18.5 Å². The third-order valence-electron chi connectivity index (χ3n) is 2.19. The second-order valence-electron chi connectivity index (χ2n) is 3.81. The standard InChI is InChI=1S/C11H15NO/c1-5-9-6-11(3,4)10(13)12-7-8(9)2/h5-6H,1-2,7H2,3-4H3,(H,12,13). The van der Waals surface area contributed by atoms with Crippen molar-refractivity contribution >= 4 is 5.91 Å². The van der Waals surface area contributed by atoms with Gasteiger partial charge in [0.15, 0.2) is 0 Å². The van der Waals surface area contributed by atoms with Gasteiger partial charge in [0.05, 0.1) is 5.41 Å². The fourth-order valence-electron chi connectivity index (χ4n) is 1.28. The average Bonchev–Trinajstić information content (AvgIpc) is 2.16. The lowest BCUT2D eigenvalue weighted by atomic mass is 9.89. The SMILES string of the molecule is C=CC1=CC(C)(C)C(=O)NCC1=C. The Balaban J connectivity index is 3.12. The molecule has 1 N–H and O–H groups in total. The Labute approximate surface area is 79.0 Å². The van der Waals surface area contributed by atoms with E-state index in [-0.39, 0.29) is 5.91 Å². The third-order valence-corrected chi connectivity index (χ3v) is 2.19. The first-order valence-electron chi connectivity index (χ1n) is 4.29. The summed E-state index contributed by atoms with van der Waals surface area (Å²) in [5.41, 5.74) is 1.40. The fraction of sp³-hybridized carbons (Fsp3) is 0.364. The molecule has 0 radical (unpaired) electrons. The molecule has 0 spiro atoms. The lowest BCUT2D eigenvalue weighted by Crippen LogP contribution is -2.34. The van der Waals surface area contributed by atoms with Crippen LogP contribution in [0.15, 0.2) is 36.5 Å².